The van der Waals surface area contributed by atoms with Crippen molar-refractivity contribution in [3.63, 3.8) is 0 Å². The van der Waals surface area contributed by atoms with E-state index in [9.17, 15) is 0 Å². The minimum absolute atomic E-state index is 0.583. The lowest BCUT2D eigenvalue weighted by Crippen LogP contribution is -2.28. The van der Waals surface area contributed by atoms with E-state index in [1.54, 1.807) is 0 Å². The zero-order valence-corrected chi connectivity index (χ0v) is 12.4. The summed E-state index contributed by atoms with van der Waals surface area (Å²) in [7, 11) is 2.08. The summed E-state index contributed by atoms with van der Waals surface area (Å²) in [5.74, 6) is 2.11. The van der Waals surface area contributed by atoms with E-state index in [2.05, 4.69) is 40.4 Å². The third kappa shape index (κ3) is 2.72. The molecule has 1 saturated carbocycles. The zero-order chi connectivity index (χ0) is 12.5. The molecule has 0 spiro atoms. The average Bonchev–Trinajstić information content (AvgIpc) is 3.03. The molecule has 1 aliphatic carbocycles. The monoisotopic (exact) mass is 309 g/mol. The van der Waals surface area contributed by atoms with Gasteiger partial charge in [-0.3, -0.25) is 0 Å². The molecule has 98 valence electrons. The highest BCUT2D eigenvalue weighted by Crippen LogP contribution is 2.37. The Bertz CT molecular complexity index is 442. The number of hydrogen-bond acceptors (Lipinski definition) is 2. The summed E-state index contributed by atoms with van der Waals surface area (Å²) in [5, 5.41) is 3.46. The van der Waals surface area contributed by atoms with E-state index in [1.807, 2.05) is 0 Å². The molecule has 0 aromatic heterocycles. The lowest BCUT2D eigenvalue weighted by atomic mass is 9.98. The first-order valence-electron chi connectivity index (χ1n) is 6.87. The van der Waals surface area contributed by atoms with Crippen molar-refractivity contribution in [2.24, 2.45) is 5.92 Å². The van der Waals surface area contributed by atoms with Gasteiger partial charge in [0, 0.05) is 16.9 Å². The molecular weight excluding hydrogens is 290 g/mol. The van der Waals surface area contributed by atoms with Gasteiger partial charge in [-0.25, -0.2) is 0 Å². The molecule has 2 nitrogen and oxygen atoms in total. The molecular formula is C15H20BrNO. The van der Waals surface area contributed by atoms with Crippen molar-refractivity contribution in [1.29, 1.82) is 0 Å². The molecule has 18 heavy (non-hydrogen) atoms. The van der Waals surface area contributed by atoms with Crippen LogP contribution in [0.3, 0.4) is 0 Å². The molecule has 2 aliphatic rings. The number of hydrogen-bond donors (Lipinski definition) is 1. The van der Waals surface area contributed by atoms with Crippen molar-refractivity contribution >= 4 is 15.9 Å². The van der Waals surface area contributed by atoms with Crippen LogP contribution in [0.2, 0.25) is 0 Å². The van der Waals surface area contributed by atoms with Gasteiger partial charge in [-0.2, -0.15) is 0 Å². The second-order valence-electron chi connectivity index (χ2n) is 5.52. The van der Waals surface area contributed by atoms with Gasteiger partial charge in [0.05, 0.1) is 6.61 Å². The Kier molecular flexibility index (Phi) is 3.62. The molecule has 1 N–H and O–H groups in total. The van der Waals surface area contributed by atoms with Gasteiger partial charge in [0.1, 0.15) is 5.75 Å². The summed E-state index contributed by atoms with van der Waals surface area (Å²) in [4.78, 5) is 0. The fraction of sp³-hybridized carbons (Fsp3) is 0.600. The van der Waals surface area contributed by atoms with Crippen molar-refractivity contribution in [3.05, 3.63) is 27.7 Å². The highest BCUT2D eigenvalue weighted by molar-refractivity contribution is 9.10. The molecule has 1 fully saturated rings. The maximum Gasteiger partial charge on any atom is 0.125 e. The highest BCUT2D eigenvalue weighted by Gasteiger charge is 2.26. The van der Waals surface area contributed by atoms with Crippen LogP contribution in [-0.4, -0.2) is 19.7 Å². The molecule has 1 aliphatic heterocycles. The van der Waals surface area contributed by atoms with Crippen LogP contribution in [0.15, 0.2) is 16.6 Å². The number of benzene rings is 1. The predicted octanol–water partition coefficient (Wildman–Crippen LogP) is 3.31. The quantitative estimate of drug-likeness (QED) is 0.901. The molecule has 3 heteroatoms. The first-order valence-corrected chi connectivity index (χ1v) is 7.67. The Morgan fingerprint density at radius 3 is 3.00 bits per heavy atom. The third-order valence-corrected chi connectivity index (χ3v) is 4.47. The fourth-order valence-corrected chi connectivity index (χ4v) is 3.37. The summed E-state index contributed by atoms with van der Waals surface area (Å²) in [6, 6.07) is 5.00. The van der Waals surface area contributed by atoms with Crippen molar-refractivity contribution in [2.45, 2.75) is 38.1 Å². The van der Waals surface area contributed by atoms with Crippen molar-refractivity contribution in [2.75, 3.05) is 13.7 Å². The molecule has 1 aromatic rings. The summed E-state index contributed by atoms with van der Waals surface area (Å²) >= 11 is 3.61. The van der Waals surface area contributed by atoms with E-state index in [-0.39, 0.29) is 0 Å². The second kappa shape index (κ2) is 5.22. The molecule has 3 rings (SSSR count). The molecule has 0 saturated heterocycles. The number of fused-ring (bicyclic) bond motifs is 1. The van der Waals surface area contributed by atoms with E-state index >= 15 is 0 Å². The Morgan fingerprint density at radius 1 is 1.44 bits per heavy atom. The van der Waals surface area contributed by atoms with E-state index in [0.29, 0.717) is 6.04 Å². The Hall–Kier alpha value is -0.540. The summed E-state index contributed by atoms with van der Waals surface area (Å²) in [6.45, 7) is 0.839. The maximum absolute atomic E-state index is 5.80. The standard InChI is InChI=1S/C15H20BrNO/c1-17-14(6-10-2-3-10)9-12-8-13(16)7-11-4-5-18-15(11)12/h7-8,10,14,17H,2-6,9H2,1H3. The minimum Gasteiger partial charge on any atom is -0.493 e. The second-order valence-corrected chi connectivity index (χ2v) is 6.44. The normalized spacial score (nSPS) is 19.4. The Balaban J connectivity index is 1.78. The molecule has 1 unspecified atom stereocenters. The highest BCUT2D eigenvalue weighted by atomic mass is 79.9. The zero-order valence-electron chi connectivity index (χ0n) is 10.8. The van der Waals surface area contributed by atoms with Crippen LogP contribution in [0.5, 0.6) is 5.75 Å². The van der Waals surface area contributed by atoms with E-state index in [0.717, 1.165) is 31.1 Å². The Labute approximate surface area is 117 Å². The van der Waals surface area contributed by atoms with Gasteiger partial charge in [0.25, 0.3) is 0 Å². The van der Waals surface area contributed by atoms with Gasteiger partial charge in [-0.1, -0.05) is 28.8 Å². The van der Waals surface area contributed by atoms with Gasteiger partial charge in [0.15, 0.2) is 0 Å². The minimum atomic E-state index is 0.583. The number of rotatable bonds is 5. The predicted molar refractivity (Wildman–Crippen MR) is 77.2 cm³/mol. The van der Waals surface area contributed by atoms with Crippen molar-refractivity contribution < 1.29 is 4.74 Å². The largest absolute Gasteiger partial charge is 0.493 e. The van der Waals surface area contributed by atoms with Crippen LogP contribution in [0.1, 0.15) is 30.4 Å². The van der Waals surface area contributed by atoms with Crippen LogP contribution >= 0.6 is 15.9 Å². The molecule has 1 aromatic carbocycles. The van der Waals surface area contributed by atoms with E-state index in [4.69, 9.17) is 4.74 Å². The van der Waals surface area contributed by atoms with Crippen LogP contribution in [0, 0.1) is 5.92 Å². The van der Waals surface area contributed by atoms with Gasteiger partial charge in [0.2, 0.25) is 0 Å². The van der Waals surface area contributed by atoms with Gasteiger partial charge in [-0.15, -0.1) is 0 Å². The average molecular weight is 310 g/mol. The van der Waals surface area contributed by atoms with Gasteiger partial charge < -0.3 is 10.1 Å². The lowest BCUT2D eigenvalue weighted by Gasteiger charge is -2.18. The van der Waals surface area contributed by atoms with Crippen molar-refractivity contribution in [3.8, 4) is 5.75 Å². The SMILES string of the molecule is CNC(Cc1cc(Br)cc2c1OCC2)CC1CC1. The first kappa shape index (κ1) is 12.5. The van der Waals surface area contributed by atoms with E-state index in [1.165, 1.54) is 34.9 Å². The Morgan fingerprint density at radius 2 is 2.28 bits per heavy atom. The first-order chi connectivity index (χ1) is 8.76. The smallest absolute Gasteiger partial charge is 0.125 e. The molecule has 0 amide bonds. The number of likely N-dealkylation sites (N-methyl/N-ethyl adjacent to an activating group) is 1. The number of halogens is 1. The number of nitrogens with one attached hydrogen (secondary N) is 1. The molecule has 1 atom stereocenters. The molecule has 1 heterocycles. The summed E-state index contributed by atoms with van der Waals surface area (Å²) < 4.78 is 6.99. The van der Waals surface area contributed by atoms with Crippen LogP contribution in [0.25, 0.3) is 0 Å². The summed E-state index contributed by atoms with van der Waals surface area (Å²) in [5.41, 5.74) is 2.72. The number of ether oxygens (including phenoxy) is 1. The maximum atomic E-state index is 5.80. The summed E-state index contributed by atoms with van der Waals surface area (Å²) in [6.07, 6.45) is 6.28. The fourth-order valence-electron chi connectivity index (χ4n) is 2.82. The van der Waals surface area contributed by atoms with Crippen LogP contribution in [0.4, 0.5) is 0 Å². The lowest BCUT2D eigenvalue weighted by molar-refractivity contribution is 0.351. The van der Waals surface area contributed by atoms with E-state index < -0.39 is 0 Å². The van der Waals surface area contributed by atoms with Gasteiger partial charge >= 0.3 is 0 Å². The van der Waals surface area contributed by atoms with Crippen LogP contribution < -0.4 is 10.1 Å². The third-order valence-electron chi connectivity index (χ3n) is 4.01. The molecule has 0 bridgehead atoms. The topological polar surface area (TPSA) is 21.3 Å². The molecule has 0 radical (unpaired) electrons. The van der Waals surface area contributed by atoms with Crippen molar-refractivity contribution in [1.82, 2.24) is 5.32 Å². The van der Waals surface area contributed by atoms with Gasteiger partial charge in [-0.05, 0) is 49.1 Å². The van der Waals surface area contributed by atoms with Crippen LogP contribution in [-0.2, 0) is 12.8 Å².